The molecule has 0 bridgehead atoms. The Hall–Kier alpha value is -0.800. The number of hydrogen-bond acceptors (Lipinski definition) is 3. The molecule has 2 rings (SSSR count). The van der Waals surface area contributed by atoms with Gasteiger partial charge in [-0.2, -0.15) is 0 Å². The number of halogens is 1. The topological polar surface area (TPSA) is 48.1 Å². The minimum absolute atomic E-state index is 0.452. The lowest BCUT2D eigenvalue weighted by molar-refractivity contribution is 0.102. The molecular formula is C12H17ClN2O. The molecule has 1 aliphatic heterocycles. The smallest absolute Gasteiger partial charge is 0.126 e. The van der Waals surface area contributed by atoms with Crippen molar-refractivity contribution in [3.63, 3.8) is 0 Å². The van der Waals surface area contributed by atoms with E-state index in [-0.39, 0.29) is 0 Å². The molecule has 1 unspecified atom stereocenters. The predicted octanol–water partition coefficient (Wildman–Crippen LogP) is 2.82. The third kappa shape index (κ3) is 3.09. The van der Waals surface area contributed by atoms with Crippen LogP contribution in [-0.4, -0.2) is 17.7 Å². The summed E-state index contributed by atoms with van der Waals surface area (Å²) in [6.07, 6.45) is 7.55. The van der Waals surface area contributed by atoms with Crippen LogP contribution in [0.25, 0.3) is 0 Å². The van der Waals surface area contributed by atoms with Gasteiger partial charge in [0.2, 0.25) is 0 Å². The fourth-order valence-electron chi connectivity index (χ4n) is 2.08. The zero-order valence-electron chi connectivity index (χ0n) is 9.29. The van der Waals surface area contributed by atoms with Crippen molar-refractivity contribution >= 4 is 17.4 Å². The van der Waals surface area contributed by atoms with Crippen LogP contribution in [0.3, 0.4) is 0 Å². The van der Waals surface area contributed by atoms with Crippen LogP contribution in [0, 0.1) is 0 Å². The highest BCUT2D eigenvalue weighted by Gasteiger charge is 2.14. The Kier molecular flexibility index (Phi) is 4.02. The number of aromatic nitrogens is 1. The Morgan fingerprint density at radius 3 is 3.19 bits per heavy atom. The van der Waals surface area contributed by atoms with Crippen LogP contribution in [0.4, 0.5) is 5.82 Å². The lowest BCUT2D eigenvalue weighted by Crippen LogP contribution is -2.05. The van der Waals surface area contributed by atoms with E-state index in [0.717, 1.165) is 31.4 Å². The van der Waals surface area contributed by atoms with Gasteiger partial charge in [-0.3, -0.25) is 0 Å². The van der Waals surface area contributed by atoms with Gasteiger partial charge in [-0.15, -0.1) is 0 Å². The highest BCUT2D eigenvalue weighted by molar-refractivity contribution is 6.30. The largest absolute Gasteiger partial charge is 0.383 e. The molecule has 1 aromatic rings. The fourth-order valence-corrected chi connectivity index (χ4v) is 2.26. The molecule has 1 fully saturated rings. The monoisotopic (exact) mass is 240 g/mol. The molecular weight excluding hydrogens is 224 g/mol. The van der Waals surface area contributed by atoms with E-state index >= 15 is 0 Å². The van der Waals surface area contributed by atoms with Gasteiger partial charge in [0, 0.05) is 12.8 Å². The summed E-state index contributed by atoms with van der Waals surface area (Å²) in [7, 11) is 0. The molecule has 0 aliphatic carbocycles. The van der Waals surface area contributed by atoms with Crippen molar-refractivity contribution in [2.75, 3.05) is 12.3 Å². The molecule has 0 aromatic carbocycles. The van der Waals surface area contributed by atoms with Gasteiger partial charge < -0.3 is 10.5 Å². The first-order valence-electron chi connectivity index (χ1n) is 5.77. The lowest BCUT2D eigenvalue weighted by Gasteiger charge is -2.09. The number of hydrogen-bond donors (Lipinski definition) is 1. The van der Waals surface area contributed by atoms with E-state index in [2.05, 4.69) is 4.98 Å². The van der Waals surface area contributed by atoms with Gasteiger partial charge in [-0.05, 0) is 43.7 Å². The Morgan fingerprint density at radius 1 is 1.56 bits per heavy atom. The van der Waals surface area contributed by atoms with E-state index in [1.165, 1.54) is 12.8 Å². The van der Waals surface area contributed by atoms with Crippen LogP contribution < -0.4 is 5.73 Å². The predicted molar refractivity (Wildman–Crippen MR) is 65.6 cm³/mol. The second-order valence-electron chi connectivity index (χ2n) is 4.23. The summed E-state index contributed by atoms with van der Waals surface area (Å²) in [5.74, 6) is 0.594. The Balaban J connectivity index is 1.82. The van der Waals surface area contributed by atoms with Crippen molar-refractivity contribution in [2.45, 2.75) is 38.2 Å². The summed E-state index contributed by atoms with van der Waals surface area (Å²) in [5.41, 5.74) is 6.83. The average Bonchev–Trinajstić information content (AvgIpc) is 2.76. The maximum Gasteiger partial charge on any atom is 0.126 e. The maximum absolute atomic E-state index is 5.88. The molecule has 0 saturated carbocycles. The highest BCUT2D eigenvalue weighted by Crippen LogP contribution is 2.21. The number of nitrogen functional groups attached to an aromatic ring is 1. The maximum atomic E-state index is 5.88. The summed E-state index contributed by atoms with van der Waals surface area (Å²) < 4.78 is 5.57. The molecule has 1 atom stereocenters. The van der Waals surface area contributed by atoms with Gasteiger partial charge in [-0.1, -0.05) is 11.6 Å². The van der Waals surface area contributed by atoms with Crippen molar-refractivity contribution in [1.82, 2.24) is 4.98 Å². The molecule has 0 amide bonds. The molecule has 3 nitrogen and oxygen atoms in total. The van der Waals surface area contributed by atoms with Crippen LogP contribution in [-0.2, 0) is 11.2 Å². The van der Waals surface area contributed by atoms with Crippen LogP contribution in [0.5, 0.6) is 0 Å². The zero-order valence-corrected chi connectivity index (χ0v) is 10.0. The number of rotatable bonds is 4. The minimum Gasteiger partial charge on any atom is -0.383 e. The summed E-state index contributed by atoms with van der Waals surface area (Å²) in [4.78, 5) is 4.04. The molecule has 0 radical (unpaired) electrons. The van der Waals surface area contributed by atoms with Gasteiger partial charge >= 0.3 is 0 Å². The van der Waals surface area contributed by atoms with Crippen molar-refractivity contribution < 1.29 is 4.74 Å². The lowest BCUT2D eigenvalue weighted by atomic mass is 10.1. The first-order chi connectivity index (χ1) is 7.75. The highest BCUT2D eigenvalue weighted by atomic mass is 35.5. The molecule has 4 heteroatoms. The van der Waals surface area contributed by atoms with E-state index in [0.29, 0.717) is 16.9 Å². The normalized spacial score (nSPS) is 20.2. The standard InChI is InChI=1S/C12H17ClN2O/c13-10-7-9(12(14)15-8-10)3-1-4-11-5-2-6-16-11/h7-8,11H,1-6H2,(H2,14,15). The average molecular weight is 241 g/mol. The molecule has 2 N–H and O–H groups in total. The number of aryl methyl sites for hydroxylation is 1. The second kappa shape index (κ2) is 5.51. The van der Waals surface area contributed by atoms with Crippen LogP contribution >= 0.6 is 11.6 Å². The van der Waals surface area contributed by atoms with Gasteiger partial charge in [0.1, 0.15) is 5.82 Å². The Labute approximate surface area is 101 Å². The second-order valence-corrected chi connectivity index (χ2v) is 4.66. The summed E-state index contributed by atoms with van der Waals surface area (Å²) in [6, 6.07) is 1.90. The summed E-state index contributed by atoms with van der Waals surface area (Å²) in [6.45, 7) is 0.922. The van der Waals surface area contributed by atoms with Crippen molar-refractivity contribution in [1.29, 1.82) is 0 Å². The van der Waals surface area contributed by atoms with E-state index in [9.17, 15) is 0 Å². The number of ether oxygens (including phenoxy) is 1. The zero-order chi connectivity index (χ0) is 11.4. The van der Waals surface area contributed by atoms with Crippen molar-refractivity contribution in [3.05, 3.63) is 22.8 Å². The molecule has 1 aromatic heterocycles. The summed E-state index contributed by atoms with van der Waals surface area (Å²) >= 11 is 5.88. The first kappa shape index (κ1) is 11.7. The molecule has 1 saturated heterocycles. The van der Waals surface area contributed by atoms with Crippen LogP contribution in [0.15, 0.2) is 12.3 Å². The van der Waals surface area contributed by atoms with Crippen LogP contribution in [0.1, 0.15) is 31.2 Å². The third-order valence-corrected chi connectivity index (χ3v) is 3.17. The van der Waals surface area contributed by atoms with E-state index < -0.39 is 0 Å². The summed E-state index contributed by atoms with van der Waals surface area (Å²) in [5, 5.41) is 0.654. The van der Waals surface area contributed by atoms with E-state index in [4.69, 9.17) is 22.1 Å². The van der Waals surface area contributed by atoms with Gasteiger partial charge in [0.05, 0.1) is 11.1 Å². The SMILES string of the molecule is Nc1ncc(Cl)cc1CCCC1CCCO1. The quantitative estimate of drug-likeness (QED) is 0.881. The fraction of sp³-hybridized carbons (Fsp3) is 0.583. The van der Waals surface area contributed by atoms with Gasteiger partial charge in [0.15, 0.2) is 0 Å². The number of nitrogens with zero attached hydrogens (tertiary/aromatic N) is 1. The van der Waals surface area contributed by atoms with Gasteiger partial charge in [-0.25, -0.2) is 4.98 Å². The number of anilines is 1. The van der Waals surface area contributed by atoms with E-state index in [1.54, 1.807) is 6.20 Å². The minimum atomic E-state index is 0.452. The number of nitrogens with two attached hydrogens (primary N) is 1. The molecule has 2 heterocycles. The van der Waals surface area contributed by atoms with Crippen molar-refractivity contribution in [3.8, 4) is 0 Å². The molecule has 0 spiro atoms. The molecule has 16 heavy (non-hydrogen) atoms. The molecule has 1 aliphatic rings. The third-order valence-electron chi connectivity index (χ3n) is 2.96. The molecule has 88 valence electrons. The van der Waals surface area contributed by atoms with Crippen LogP contribution in [0.2, 0.25) is 5.02 Å². The number of pyridine rings is 1. The van der Waals surface area contributed by atoms with E-state index in [1.807, 2.05) is 6.07 Å². The Bertz CT molecular complexity index is 351. The Morgan fingerprint density at radius 2 is 2.44 bits per heavy atom. The first-order valence-corrected chi connectivity index (χ1v) is 6.15. The van der Waals surface area contributed by atoms with Gasteiger partial charge in [0.25, 0.3) is 0 Å². The van der Waals surface area contributed by atoms with Crippen molar-refractivity contribution in [2.24, 2.45) is 0 Å².